The van der Waals surface area contributed by atoms with Gasteiger partial charge in [-0.2, -0.15) is 0 Å². The summed E-state index contributed by atoms with van der Waals surface area (Å²) in [7, 11) is 0. The quantitative estimate of drug-likeness (QED) is 0.879. The second-order valence-electron chi connectivity index (χ2n) is 6.27. The molecule has 3 unspecified atom stereocenters. The molecule has 1 saturated carbocycles. The second kappa shape index (κ2) is 9.33. The van der Waals surface area contributed by atoms with Crippen molar-refractivity contribution >= 4 is 30.7 Å². The maximum atomic E-state index is 12.4. The van der Waals surface area contributed by atoms with Crippen molar-refractivity contribution in [3.8, 4) is 0 Å². The molecule has 1 amide bonds. The van der Waals surface area contributed by atoms with Gasteiger partial charge < -0.3 is 11.1 Å². The first-order valence-corrected chi connectivity index (χ1v) is 7.47. The molecule has 3 atom stereocenters. The highest BCUT2D eigenvalue weighted by molar-refractivity contribution is 5.85. The fourth-order valence-electron chi connectivity index (χ4n) is 3.06. The van der Waals surface area contributed by atoms with E-state index in [4.69, 9.17) is 5.73 Å². The molecule has 1 aliphatic carbocycles. The van der Waals surface area contributed by atoms with E-state index in [0.717, 1.165) is 32.1 Å². The van der Waals surface area contributed by atoms with E-state index in [-0.39, 0.29) is 48.2 Å². The Morgan fingerprint density at radius 2 is 2.05 bits per heavy atom. The largest absolute Gasteiger partial charge is 0.353 e. The fraction of sp³-hybridized carbons (Fsp3) is 0.625. The molecule has 1 aliphatic rings. The first-order valence-electron chi connectivity index (χ1n) is 7.47. The van der Waals surface area contributed by atoms with Crippen LogP contribution in [0.1, 0.15) is 45.1 Å². The van der Waals surface area contributed by atoms with Crippen LogP contribution in [0.4, 0.5) is 0 Å². The SMILES string of the molecule is CC(Cc1ccncc1)NC(=O)C1CCCCC1(C)N.Cl.Cl. The summed E-state index contributed by atoms with van der Waals surface area (Å²) in [4.78, 5) is 16.4. The number of rotatable bonds is 4. The predicted molar refractivity (Wildman–Crippen MR) is 94.6 cm³/mol. The van der Waals surface area contributed by atoms with Gasteiger partial charge in [0.25, 0.3) is 0 Å². The number of nitrogens with zero attached hydrogens (tertiary/aromatic N) is 1. The third-order valence-corrected chi connectivity index (χ3v) is 4.25. The van der Waals surface area contributed by atoms with E-state index in [2.05, 4.69) is 10.3 Å². The number of pyridine rings is 1. The Morgan fingerprint density at radius 1 is 1.41 bits per heavy atom. The second-order valence-corrected chi connectivity index (χ2v) is 6.27. The van der Waals surface area contributed by atoms with Crippen molar-refractivity contribution in [2.75, 3.05) is 0 Å². The smallest absolute Gasteiger partial charge is 0.225 e. The van der Waals surface area contributed by atoms with Crippen molar-refractivity contribution in [3.63, 3.8) is 0 Å². The normalized spacial score (nSPS) is 25.3. The lowest BCUT2D eigenvalue weighted by Gasteiger charge is -2.37. The molecule has 1 fully saturated rings. The van der Waals surface area contributed by atoms with E-state index >= 15 is 0 Å². The lowest BCUT2D eigenvalue weighted by molar-refractivity contribution is -0.128. The minimum Gasteiger partial charge on any atom is -0.353 e. The van der Waals surface area contributed by atoms with Crippen molar-refractivity contribution in [1.82, 2.24) is 10.3 Å². The number of hydrogen-bond acceptors (Lipinski definition) is 3. The van der Waals surface area contributed by atoms with Gasteiger partial charge in [0.2, 0.25) is 5.91 Å². The van der Waals surface area contributed by atoms with Crippen LogP contribution >= 0.6 is 24.8 Å². The zero-order chi connectivity index (χ0) is 14.6. The van der Waals surface area contributed by atoms with Crippen molar-refractivity contribution in [2.24, 2.45) is 11.7 Å². The van der Waals surface area contributed by atoms with E-state index in [1.807, 2.05) is 26.0 Å². The van der Waals surface area contributed by atoms with Gasteiger partial charge in [0, 0.05) is 24.0 Å². The number of amides is 1. The molecule has 6 heteroatoms. The van der Waals surface area contributed by atoms with Crippen molar-refractivity contribution in [2.45, 2.75) is 57.5 Å². The molecular formula is C16H27Cl2N3O. The van der Waals surface area contributed by atoms with Crippen LogP contribution in [0.5, 0.6) is 0 Å². The summed E-state index contributed by atoms with van der Waals surface area (Å²) in [6.45, 7) is 4.04. The van der Waals surface area contributed by atoms with Crippen LogP contribution in [0.3, 0.4) is 0 Å². The highest BCUT2D eigenvalue weighted by atomic mass is 35.5. The number of nitrogens with two attached hydrogens (primary N) is 1. The van der Waals surface area contributed by atoms with E-state index in [1.54, 1.807) is 12.4 Å². The molecule has 0 aromatic carbocycles. The molecular weight excluding hydrogens is 321 g/mol. The summed E-state index contributed by atoms with van der Waals surface area (Å²) in [5.74, 6) is 0.0485. The van der Waals surface area contributed by atoms with Crippen LogP contribution in [0, 0.1) is 5.92 Å². The van der Waals surface area contributed by atoms with Gasteiger partial charge in [-0.05, 0) is 50.8 Å². The van der Waals surface area contributed by atoms with Crippen LogP contribution in [-0.2, 0) is 11.2 Å². The Kier molecular flexibility index (Phi) is 8.98. The van der Waals surface area contributed by atoms with Crippen molar-refractivity contribution < 1.29 is 4.79 Å². The molecule has 4 nitrogen and oxygen atoms in total. The van der Waals surface area contributed by atoms with Crippen molar-refractivity contribution in [3.05, 3.63) is 30.1 Å². The molecule has 0 aliphatic heterocycles. The van der Waals surface area contributed by atoms with Gasteiger partial charge in [-0.25, -0.2) is 0 Å². The molecule has 2 rings (SSSR count). The first kappa shape index (κ1) is 21.2. The Bertz CT molecular complexity index is 454. The van der Waals surface area contributed by atoms with Gasteiger partial charge in [-0.15, -0.1) is 24.8 Å². The van der Waals surface area contributed by atoms with E-state index < -0.39 is 0 Å². The predicted octanol–water partition coefficient (Wildman–Crippen LogP) is 2.88. The topological polar surface area (TPSA) is 68.0 Å². The number of carbonyl (C=O) groups excluding carboxylic acids is 1. The standard InChI is InChI=1S/C16H25N3O.2ClH/c1-12(11-13-6-9-18-10-7-13)19-15(20)14-5-3-4-8-16(14,2)17;;/h6-7,9-10,12,14H,3-5,8,11,17H2,1-2H3,(H,19,20);2*1H. The number of hydrogen-bond donors (Lipinski definition) is 2. The molecule has 0 spiro atoms. The van der Waals surface area contributed by atoms with Crippen LogP contribution in [-0.4, -0.2) is 22.5 Å². The average molecular weight is 348 g/mol. The molecule has 3 N–H and O–H groups in total. The summed E-state index contributed by atoms with van der Waals surface area (Å²) in [5, 5.41) is 3.11. The van der Waals surface area contributed by atoms with Crippen LogP contribution in [0.2, 0.25) is 0 Å². The van der Waals surface area contributed by atoms with Gasteiger partial charge in [-0.1, -0.05) is 12.8 Å². The summed E-state index contributed by atoms with van der Waals surface area (Å²) >= 11 is 0. The van der Waals surface area contributed by atoms with Gasteiger partial charge in [0.05, 0.1) is 5.92 Å². The van der Waals surface area contributed by atoms with Crippen LogP contribution < -0.4 is 11.1 Å². The molecule has 22 heavy (non-hydrogen) atoms. The third kappa shape index (κ3) is 5.75. The summed E-state index contributed by atoms with van der Waals surface area (Å²) < 4.78 is 0. The monoisotopic (exact) mass is 347 g/mol. The Morgan fingerprint density at radius 3 is 2.64 bits per heavy atom. The van der Waals surface area contributed by atoms with Gasteiger partial charge >= 0.3 is 0 Å². The summed E-state index contributed by atoms with van der Waals surface area (Å²) in [6, 6.07) is 4.08. The lowest BCUT2D eigenvalue weighted by Crippen LogP contribution is -2.54. The first-order chi connectivity index (χ1) is 9.49. The molecule has 1 aromatic rings. The Hall–Kier alpha value is -0.840. The highest BCUT2D eigenvalue weighted by Crippen LogP contribution is 2.31. The molecule has 1 aromatic heterocycles. The molecule has 126 valence electrons. The Balaban J connectivity index is 0.00000220. The van der Waals surface area contributed by atoms with E-state index in [1.165, 1.54) is 5.56 Å². The lowest BCUT2D eigenvalue weighted by atomic mass is 9.74. The number of halogens is 2. The highest BCUT2D eigenvalue weighted by Gasteiger charge is 2.37. The molecule has 0 radical (unpaired) electrons. The van der Waals surface area contributed by atoms with Gasteiger partial charge in [-0.3, -0.25) is 9.78 Å². The van der Waals surface area contributed by atoms with Gasteiger partial charge in [0.15, 0.2) is 0 Å². The zero-order valence-corrected chi connectivity index (χ0v) is 14.9. The summed E-state index contributed by atoms with van der Waals surface area (Å²) in [6.07, 6.45) is 8.45. The number of carbonyl (C=O) groups is 1. The van der Waals surface area contributed by atoms with Crippen molar-refractivity contribution in [1.29, 1.82) is 0 Å². The fourth-order valence-corrected chi connectivity index (χ4v) is 3.06. The van der Waals surface area contributed by atoms with Crippen LogP contribution in [0.15, 0.2) is 24.5 Å². The van der Waals surface area contributed by atoms with E-state index in [0.29, 0.717) is 0 Å². The average Bonchev–Trinajstić information content (AvgIpc) is 2.38. The van der Waals surface area contributed by atoms with E-state index in [9.17, 15) is 4.79 Å². The molecule has 0 bridgehead atoms. The number of aromatic nitrogens is 1. The minimum absolute atomic E-state index is 0. The third-order valence-electron chi connectivity index (χ3n) is 4.25. The minimum atomic E-state index is -0.362. The maximum absolute atomic E-state index is 12.4. The van der Waals surface area contributed by atoms with Crippen LogP contribution in [0.25, 0.3) is 0 Å². The summed E-state index contributed by atoms with van der Waals surface area (Å²) in [5.41, 5.74) is 7.11. The Labute approximate surface area is 145 Å². The van der Waals surface area contributed by atoms with Gasteiger partial charge in [0.1, 0.15) is 0 Å². The maximum Gasteiger partial charge on any atom is 0.225 e. The molecule has 1 heterocycles. The zero-order valence-electron chi connectivity index (χ0n) is 13.2. The number of nitrogens with one attached hydrogen (secondary N) is 1. The molecule has 0 saturated heterocycles.